The van der Waals surface area contributed by atoms with Crippen molar-refractivity contribution >= 4 is 11.2 Å². The Morgan fingerprint density at radius 1 is 1.10 bits per heavy atom. The van der Waals surface area contributed by atoms with Gasteiger partial charge >= 0.3 is 0 Å². The molecule has 0 unspecified atom stereocenters. The van der Waals surface area contributed by atoms with Gasteiger partial charge in [-0.25, -0.2) is 0 Å². The zero-order valence-corrected chi connectivity index (χ0v) is 12.5. The van der Waals surface area contributed by atoms with Crippen molar-refractivity contribution in [2.75, 3.05) is 19.0 Å². The number of methoxy groups -OCH3 is 1. The highest BCUT2D eigenvalue weighted by molar-refractivity contribution is 5.83. The third-order valence-corrected chi connectivity index (χ3v) is 3.62. The van der Waals surface area contributed by atoms with E-state index < -0.39 is 0 Å². The monoisotopic (exact) mass is 280 g/mol. The van der Waals surface area contributed by atoms with Gasteiger partial charge in [-0.05, 0) is 24.1 Å². The minimum absolute atomic E-state index is 0.883. The molecule has 3 aromatic rings. The molecule has 0 aliphatic rings. The standard InChI is InChI=1S/C18H20N2O/c1-3-11-19-18-15-10-7-12-20(15)16(13-17(18)21-2)14-8-5-4-6-9-14/h4-10,12-13,19H,3,11H2,1-2H3. The van der Waals surface area contributed by atoms with Gasteiger partial charge in [0.05, 0.1) is 18.3 Å². The molecular weight excluding hydrogens is 260 g/mol. The Kier molecular flexibility index (Phi) is 3.82. The molecule has 108 valence electrons. The van der Waals surface area contributed by atoms with Crippen molar-refractivity contribution in [3.8, 4) is 17.0 Å². The molecule has 0 aliphatic carbocycles. The molecule has 21 heavy (non-hydrogen) atoms. The third-order valence-electron chi connectivity index (χ3n) is 3.62. The first-order valence-electron chi connectivity index (χ1n) is 7.32. The van der Waals surface area contributed by atoms with E-state index in [0.717, 1.165) is 35.6 Å². The van der Waals surface area contributed by atoms with Crippen molar-refractivity contribution in [2.45, 2.75) is 13.3 Å². The van der Waals surface area contributed by atoms with Crippen LogP contribution in [0.3, 0.4) is 0 Å². The molecule has 0 amide bonds. The predicted molar refractivity (Wildman–Crippen MR) is 88.2 cm³/mol. The zero-order chi connectivity index (χ0) is 14.7. The number of anilines is 1. The normalized spacial score (nSPS) is 10.8. The molecule has 3 rings (SSSR count). The molecule has 1 N–H and O–H groups in total. The number of rotatable bonds is 5. The van der Waals surface area contributed by atoms with E-state index in [2.05, 4.69) is 65.3 Å². The minimum atomic E-state index is 0.883. The van der Waals surface area contributed by atoms with Crippen molar-refractivity contribution in [2.24, 2.45) is 0 Å². The predicted octanol–water partition coefficient (Wildman–Crippen LogP) is 4.44. The lowest BCUT2D eigenvalue weighted by Crippen LogP contribution is -2.05. The molecule has 0 aliphatic heterocycles. The van der Waals surface area contributed by atoms with Crippen LogP contribution in [-0.4, -0.2) is 18.1 Å². The highest BCUT2D eigenvalue weighted by atomic mass is 16.5. The summed E-state index contributed by atoms with van der Waals surface area (Å²) in [5.41, 5.74) is 4.51. The van der Waals surface area contributed by atoms with Crippen LogP contribution >= 0.6 is 0 Å². The van der Waals surface area contributed by atoms with Gasteiger partial charge in [-0.3, -0.25) is 0 Å². The van der Waals surface area contributed by atoms with E-state index >= 15 is 0 Å². The summed E-state index contributed by atoms with van der Waals surface area (Å²) in [6.07, 6.45) is 3.17. The fourth-order valence-corrected chi connectivity index (χ4v) is 2.61. The Morgan fingerprint density at radius 3 is 2.62 bits per heavy atom. The topological polar surface area (TPSA) is 25.7 Å². The van der Waals surface area contributed by atoms with Gasteiger partial charge in [-0.1, -0.05) is 37.3 Å². The molecule has 3 heteroatoms. The molecule has 0 fully saturated rings. The van der Waals surface area contributed by atoms with Crippen LogP contribution < -0.4 is 10.1 Å². The number of fused-ring (bicyclic) bond motifs is 1. The van der Waals surface area contributed by atoms with Gasteiger partial charge in [0, 0.05) is 18.8 Å². The lowest BCUT2D eigenvalue weighted by molar-refractivity contribution is 0.416. The first-order valence-corrected chi connectivity index (χ1v) is 7.32. The molecule has 3 nitrogen and oxygen atoms in total. The summed E-state index contributed by atoms with van der Waals surface area (Å²) < 4.78 is 7.81. The van der Waals surface area contributed by atoms with E-state index in [1.165, 1.54) is 5.56 Å². The summed E-state index contributed by atoms with van der Waals surface area (Å²) in [5, 5.41) is 3.48. The van der Waals surface area contributed by atoms with E-state index in [1.807, 2.05) is 6.07 Å². The summed E-state index contributed by atoms with van der Waals surface area (Å²) in [5.74, 6) is 0.883. The number of hydrogen-bond acceptors (Lipinski definition) is 2. The van der Waals surface area contributed by atoms with Gasteiger partial charge in [-0.15, -0.1) is 0 Å². The second kappa shape index (κ2) is 5.92. The van der Waals surface area contributed by atoms with E-state index in [4.69, 9.17) is 4.74 Å². The highest BCUT2D eigenvalue weighted by Gasteiger charge is 2.13. The minimum Gasteiger partial charge on any atom is -0.494 e. The van der Waals surface area contributed by atoms with Gasteiger partial charge in [0.25, 0.3) is 0 Å². The molecule has 0 saturated heterocycles. The average Bonchev–Trinajstić information content (AvgIpc) is 3.02. The number of aromatic nitrogens is 1. The maximum absolute atomic E-state index is 5.61. The van der Waals surface area contributed by atoms with Crippen LogP contribution in [0.1, 0.15) is 13.3 Å². The first kappa shape index (κ1) is 13.6. The molecule has 0 saturated carbocycles. The summed E-state index contributed by atoms with van der Waals surface area (Å²) in [7, 11) is 1.72. The van der Waals surface area contributed by atoms with Crippen LogP contribution in [0.2, 0.25) is 0 Å². The van der Waals surface area contributed by atoms with Crippen molar-refractivity contribution in [1.29, 1.82) is 0 Å². The smallest absolute Gasteiger partial charge is 0.146 e. The molecule has 0 bridgehead atoms. The van der Waals surface area contributed by atoms with Gasteiger partial charge in [0.1, 0.15) is 11.4 Å². The molecule has 0 radical (unpaired) electrons. The Balaban J connectivity index is 2.21. The van der Waals surface area contributed by atoms with Crippen LogP contribution in [0.5, 0.6) is 5.75 Å². The van der Waals surface area contributed by atoms with Crippen molar-refractivity contribution in [1.82, 2.24) is 4.40 Å². The van der Waals surface area contributed by atoms with Crippen molar-refractivity contribution < 1.29 is 4.74 Å². The number of nitrogens with one attached hydrogen (secondary N) is 1. The van der Waals surface area contributed by atoms with Crippen LogP contribution in [0, 0.1) is 0 Å². The van der Waals surface area contributed by atoms with Gasteiger partial charge in [-0.2, -0.15) is 0 Å². The summed E-state index contributed by atoms with van der Waals surface area (Å²) in [4.78, 5) is 0. The zero-order valence-electron chi connectivity index (χ0n) is 12.5. The van der Waals surface area contributed by atoms with Crippen molar-refractivity contribution in [3.05, 3.63) is 54.7 Å². The Morgan fingerprint density at radius 2 is 1.90 bits per heavy atom. The quantitative estimate of drug-likeness (QED) is 0.747. The fourth-order valence-electron chi connectivity index (χ4n) is 2.61. The maximum Gasteiger partial charge on any atom is 0.146 e. The largest absolute Gasteiger partial charge is 0.494 e. The van der Waals surface area contributed by atoms with Crippen LogP contribution in [-0.2, 0) is 0 Å². The molecule has 0 atom stereocenters. The number of benzene rings is 1. The van der Waals surface area contributed by atoms with E-state index in [9.17, 15) is 0 Å². The summed E-state index contributed by atoms with van der Waals surface area (Å²) in [6.45, 7) is 3.09. The maximum atomic E-state index is 5.61. The van der Waals surface area contributed by atoms with E-state index in [-0.39, 0.29) is 0 Å². The molecule has 2 aromatic heterocycles. The second-order valence-corrected chi connectivity index (χ2v) is 5.03. The summed E-state index contributed by atoms with van der Waals surface area (Å²) >= 11 is 0. The lowest BCUT2D eigenvalue weighted by Gasteiger charge is -2.16. The van der Waals surface area contributed by atoms with Gasteiger partial charge in [0.15, 0.2) is 0 Å². The Labute approximate surface area is 125 Å². The second-order valence-electron chi connectivity index (χ2n) is 5.03. The Hall–Kier alpha value is -2.42. The fraction of sp³-hybridized carbons (Fsp3) is 0.222. The molecule has 2 heterocycles. The molecule has 0 spiro atoms. The van der Waals surface area contributed by atoms with Crippen LogP contribution in [0.15, 0.2) is 54.7 Å². The number of nitrogens with zero attached hydrogens (tertiary/aromatic N) is 1. The van der Waals surface area contributed by atoms with Gasteiger partial charge in [0.2, 0.25) is 0 Å². The number of pyridine rings is 1. The summed E-state index contributed by atoms with van der Waals surface area (Å²) in [6, 6.07) is 16.7. The average molecular weight is 280 g/mol. The molecular formula is C18H20N2O. The third kappa shape index (κ3) is 2.47. The lowest BCUT2D eigenvalue weighted by atomic mass is 10.1. The number of ether oxygens (including phenoxy) is 1. The number of hydrogen-bond donors (Lipinski definition) is 1. The highest BCUT2D eigenvalue weighted by Crippen LogP contribution is 2.35. The van der Waals surface area contributed by atoms with Gasteiger partial charge < -0.3 is 14.5 Å². The van der Waals surface area contributed by atoms with E-state index in [0.29, 0.717) is 0 Å². The van der Waals surface area contributed by atoms with Crippen molar-refractivity contribution in [3.63, 3.8) is 0 Å². The SMILES string of the molecule is CCCNc1c(OC)cc(-c2ccccc2)n2cccc12. The first-order chi connectivity index (χ1) is 10.3. The van der Waals surface area contributed by atoms with Crippen LogP contribution in [0.25, 0.3) is 16.8 Å². The van der Waals surface area contributed by atoms with Crippen LogP contribution in [0.4, 0.5) is 5.69 Å². The Bertz CT molecular complexity index is 732. The van der Waals surface area contributed by atoms with E-state index in [1.54, 1.807) is 7.11 Å². The molecule has 1 aromatic carbocycles.